The molecule has 1 aliphatic rings. The molecule has 5 rings (SSSR count). The summed E-state index contributed by atoms with van der Waals surface area (Å²) in [5.74, 6) is 1.45. The predicted octanol–water partition coefficient (Wildman–Crippen LogP) is 5.49. The van der Waals surface area contributed by atoms with Crippen LogP contribution in [0.25, 0.3) is 10.2 Å². The third-order valence-corrected chi connectivity index (χ3v) is 9.02. The maximum Gasteiger partial charge on any atom is 0.264 e. The van der Waals surface area contributed by atoms with Gasteiger partial charge in [0.2, 0.25) is 5.95 Å². The van der Waals surface area contributed by atoms with Crippen LogP contribution < -0.4 is 10.0 Å². The molecule has 2 N–H and O–H groups in total. The molecule has 1 aromatic carbocycles. The van der Waals surface area contributed by atoms with E-state index in [2.05, 4.69) is 50.7 Å². The molecule has 0 bridgehead atoms. The van der Waals surface area contributed by atoms with Gasteiger partial charge in [-0.2, -0.15) is 0 Å². The molecule has 0 aliphatic heterocycles. The molecule has 0 radical (unpaired) electrons. The van der Waals surface area contributed by atoms with E-state index in [0.29, 0.717) is 11.6 Å². The summed E-state index contributed by atoms with van der Waals surface area (Å²) in [5.41, 5.74) is 3.05. The Morgan fingerprint density at radius 1 is 1.06 bits per heavy atom. The van der Waals surface area contributed by atoms with Crippen LogP contribution in [0.15, 0.2) is 47.8 Å². The Labute approximate surface area is 209 Å². The second-order valence-corrected chi connectivity index (χ2v) is 12.8. The van der Waals surface area contributed by atoms with Gasteiger partial charge in [0, 0.05) is 22.5 Å². The number of hydrogen-bond donors (Lipinski definition) is 2. The quantitative estimate of drug-likeness (QED) is 0.367. The standard InChI is InChI=1S/C25H28N6O2S2/c1-15-11-12-26-24(29-15)31-35(32,33)18-8-6-17(7-9-18)30-22-21-19-10-5-16(25(2,3)4)13-20(19)34-23(21)28-14-27-22/h6-9,11-12,14,16H,5,10,13H2,1-4H3,(H,26,29,31)(H,27,28,30). The van der Waals surface area contributed by atoms with E-state index in [1.54, 1.807) is 54.9 Å². The van der Waals surface area contributed by atoms with Crippen molar-refractivity contribution in [3.8, 4) is 0 Å². The van der Waals surface area contributed by atoms with Crippen LogP contribution in [0.4, 0.5) is 17.5 Å². The van der Waals surface area contributed by atoms with Crippen molar-refractivity contribution in [3.05, 3.63) is 59.0 Å². The van der Waals surface area contributed by atoms with Crippen molar-refractivity contribution < 1.29 is 8.42 Å². The number of thiophene rings is 1. The number of anilines is 3. The van der Waals surface area contributed by atoms with Crippen LogP contribution in [-0.4, -0.2) is 28.4 Å². The summed E-state index contributed by atoms with van der Waals surface area (Å²) < 4.78 is 27.9. The van der Waals surface area contributed by atoms with Crippen molar-refractivity contribution >= 4 is 49.0 Å². The average molecular weight is 509 g/mol. The Bertz CT molecular complexity index is 1490. The number of nitrogens with one attached hydrogen (secondary N) is 2. The summed E-state index contributed by atoms with van der Waals surface area (Å²) >= 11 is 1.76. The first kappa shape index (κ1) is 23.6. The number of benzene rings is 1. The molecule has 0 spiro atoms. The number of aryl methyl sites for hydroxylation is 2. The summed E-state index contributed by atoms with van der Waals surface area (Å²) in [6, 6.07) is 8.27. The lowest BCUT2D eigenvalue weighted by molar-refractivity contribution is 0.218. The highest BCUT2D eigenvalue weighted by molar-refractivity contribution is 7.92. The van der Waals surface area contributed by atoms with E-state index in [1.807, 2.05) is 0 Å². The zero-order valence-corrected chi connectivity index (χ0v) is 21.8. The summed E-state index contributed by atoms with van der Waals surface area (Å²) in [6.07, 6.45) is 6.34. The third kappa shape index (κ3) is 4.85. The maximum atomic E-state index is 12.7. The van der Waals surface area contributed by atoms with E-state index in [9.17, 15) is 8.42 Å². The minimum atomic E-state index is -3.80. The van der Waals surface area contributed by atoms with Crippen molar-refractivity contribution in [2.24, 2.45) is 11.3 Å². The minimum absolute atomic E-state index is 0.0477. The Hall–Kier alpha value is -3.11. The molecule has 0 amide bonds. The molecule has 10 heteroatoms. The van der Waals surface area contributed by atoms with Gasteiger partial charge in [-0.15, -0.1) is 11.3 Å². The molecule has 3 aromatic heterocycles. The van der Waals surface area contributed by atoms with Gasteiger partial charge < -0.3 is 5.32 Å². The fraction of sp³-hybridized carbons (Fsp3) is 0.360. The van der Waals surface area contributed by atoms with Gasteiger partial charge in [0.25, 0.3) is 10.0 Å². The van der Waals surface area contributed by atoms with Gasteiger partial charge in [-0.25, -0.2) is 33.1 Å². The Morgan fingerprint density at radius 2 is 1.83 bits per heavy atom. The van der Waals surface area contributed by atoms with Gasteiger partial charge in [-0.05, 0) is 73.4 Å². The molecular formula is C25H28N6O2S2. The van der Waals surface area contributed by atoms with Crippen LogP contribution in [0.5, 0.6) is 0 Å². The first-order valence-corrected chi connectivity index (χ1v) is 13.8. The molecule has 4 aromatic rings. The van der Waals surface area contributed by atoms with Crippen LogP contribution in [0.3, 0.4) is 0 Å². The third-order valence-electron chi connectivity index (χ3n) is 6.52. The van der Waals surface area contributed by atoms with E-state index in [1.165, 1.54) is 16.6 Å². The topological polar surface area (TPSA) is 110 Å². The molecule has 3 heterocycles. The van der Waals surface area contributed by atoms with Crippen LogP contribution >= 0.6 is 11.3 Å². The maximum absolute atomic E-state index is 12.7. The van der Waals surface area contributed by atoms with Crippen LogP contribution in [0.1, 0.15) is 43.3 Å². The average Bonchev–Trinajstić information content (AvgIpc) is 3.17. The zero-order valence-electron chi connectivity index (χ0n) is 20.2. The molecule has 35 heavy (non-hydrogen) atoms. The van der Waals surface area contributed by atoms with Gasteiger partial charge in [-0.3, -0.25) is 0 Å². The predicted molar refractivity (Wildman–Crippen MR) is 140 cm³/mol. The van der Waals surface area contributed by atoms with Gasteiger partial charge in [0.15, 0.2) is 0 Å². The number of hydrogen-bond acceptors (Lipinski definition) is 8. The highest BCUT2D eigenvalue weighted by Gasteiger charge is 2.31. The molecule has 1 atom stereocenters. The molecule has 0 fully saturated rings. The van der Waals surface area contributed by atoms with Crippen molar-refractivity contribution in [2.75, 3.05) is 10.0 Å². The Morgan fingerprint density at radius 3 is 2.54 bits per heavy atom. The molecule has 1 unspecified atom stereocenters. The van der Waals surface area contributed by atoms with Crippen molar-refractivity contribution in [1.29, 1.82) is 0 Å². The van der Waals surface area contributed by atoms with E-state index in [0.717, 1.165) is 41.0 Å². The first-order chi connectivity index (χ1) is 16.6. The van der Waals surface area contributed by atoms with Gasteiger partial charge >= 0.3 is 0 Å². The smallest absolute Gasteiger partial charge is 0.264 e. The second kappa shape index (κ2) is 8.83. The van der Waals surface area contributed by atoms with E-state index >= 15 is 0 Å². The van der Waals surface area contributed by atoms with E-state index < -0.39 is 10.0 Å². The van der Waals surface area contributed by atoms with Crippen molar-refractivity contribution in [2.45, 2.75) is 51.9 Å². The highest BCUT2D eigenvalue weighted by atomic mass is 32.2. The fourth-order valence-electron chi connectivity index (χ4n) is 4.48. The van der Waals surface area contributed by atoms with Gasteiger partial charge in [0.05, 0.1) is 10.3 Å². The first-order valence-electron chi connectivity index (χ1n) is 11.5. The molecule has 0 saturated heterocycles. The lowest BCUT2D eigenvalue weighted by Gasteiger charge is -2.33. The largest absolute Gasteiger partial charge is 0.340 e. The van der Waals surface area contributed by atoms with Gasteiger partial charge in [-0.1, -0.05) is 20.8 Å². The fourth-order valence-corrected chi connectivity index (χ4v) is 6.69. The molecular weight excluding hydrogens is 480 g/mol. The van der Waals surface area contributed by atoms with Crippen LogP contribution in [-0.2, 0) is 22.9 Å². The SMILES string of the molecule is Cc1ccnc(NS(=O)(=O)c2ccc(Nc3ncnc4sc5c(c34)CCC(C(C)(C)C)C5)cc2)n1. The van der Waals surface area contributed by atoms with E-state index in [-0.39, 0.29) is 16.3 Å². The van der Waals surface area contributed by atoms with Crippen molar-refractivity contribution in [1.82, 2.24) is 19.9 Å². The molecule has 8 nitrogen and oxygen atoms in total. The normalized spacial score (nSPS) is 16.2. The molecule has 0 saturated carbocycles. The number of nitrogens with zero attached hydrogens (tertiary/aromatic N) is 4. The number of sulfonamides is 1. The van der Waals surface area contributed by atoms with Gasteiger partial charge in [0.1, 0.15) is 17.0 Å². The summed E-state index contributed by atoms with van der Waals surface area (Å²) in [4.78, 5) is 19.7. The summed E-state index contributed by atoms with van der Waals surface area (Å²) in [6.45, 7) is 8.72. The molecule has 182 valence electrons. The molecule has 1 aliphatic carbocycles. The monoisotopic (exact) mass is 508 g/mol. The van der Waals surface area contributed by atoms with Crippen molar-refractivity contribution in [3.63, 3.8) is 0 Å². The zero-order chi connectivity index (χ0) is 24.8. The Balaban J connectivity index is 1.39. The van der Waals surface area contributed by atoms with Crippen LogP contribution in [0, 0.1) is 18.3 Å². The Kier molecular flexibility index (Phi) is 5.96. The second-order valence-electron chi connectivity index (χ2n) is 9.99. The lowest BCUT2D eigenvalue weighted by atomic mass is 9.72. The number of rotatable bonds is 5. The van der Waals surface area contributed by atoms with E-state index in [4.69, 9.17) is 0 Å². The summed E-state index contributed by atoms with van der Waals surface area (Å²) in [7, 11) is -3.80. The lowest BCUT2D eigenvalue weighted by Crippen LogP contribution is -2.26. The highest BCUT2D eigenvalue weighted by Crippen LogP contribution is 2.44. The number of fused-ring (bicyclic) bond motifs is 3. The summed E-state index contributed by atoms with van der Waals surface area (Å²) in [5, 5.41) is 4.45. The number of aromatic nitrogens is 4. The van der Waals surface area contributed by atoms with Crippen LogP contribution in [0.2, 0.25) is 0 Å². The minimum Gasteiger partial charge on any atom is -0.340 e.